The molecule has 0 spiro atoms. The third-order valence-electron chi connectivity index (χ3n) is 2.13. The molecular formula is C9H14N2O2. The number of urea groups is 1. The third kappa shape index (κ3) is 1.56. The van der Waals surface area contributed by atoms with Crippen molar-refractivity contribution < 1.29 is 9.59 Å². The molecule has 0 aromatic heterocycles. The first-order chi connectivity index (χ1) is 6.11. The van der Waals surface area contributed by atoms with Crippen molar-refractivity contribution in [3.63, 3.8) is 0 Å². The van der Waals surface area contributed by atoms with Crippen molar-refractivity contribution in [2.45, 2.75) is 13.8 Å². The highest BCUT2D eigenvalue weighted by atomic mass is 16.2. The van der Waals surface area contributed by atoms with Gasteiger partial charge in [0.1, 0.15) is 0 Å². The summed E-state index contributed by atoms with van der Waals surface area (Å²) in [7, 11) is 0. The van der Waals surface area contributed by atoms with E-state index in [4.69, 9.17) is 0 Å². The van der Waals surface area contributed by atoms with Crippen LogP contribution in [0.4, 0.5) is 4.79 Å². The molecule has 0 bridgehead atoms. The lowest BCUT2D eigenvalue weighted by atomic mass is 10.2. The van der Waals surface area contributed by atoms with Crippen molar-refractivity contribution in [2.24, 2.45) is 0 Å². The first-order valence-corrected chi connectivity index (χ1v) is 4.40. The van der Waals surface area contributed by atoms with Crippen molar-refractivity contribution in [1.82, 2.24) is 9.80 Å². The van der Waals surface area contributed by atoms with E-state index in [0.29, 0.717) is 25.2 Å². The minimum Gasteiger partial charge on any atom is -0.320 e. The Labute approximate surface area is 77.8 Å². The van der Waals surface area contributed by atoms with Gasteiger partial charge in [0, 0.05) is 18.7 Å². The topological polar surface area (TPSA) is 40.6 Å². The van der Waals surface area contributed by atoms with Gasteiger partial charge in [-0.3, -0.25) is 9.69 Å². The number of imide groups is 1. The van der Waals surface area contributed by atoms with E-state index in [2.05, 4.69) is 6.58 Å². The fourth-order valence-corrected chi connectivity index (χ4v) is 1.34. The molecule has 0 aromatic carbocycles. The zero-order chi connectivity index (χ0) is 10.0. The van der Waals surface area contributed by atoms with Gasteiger partial charge in [0.2, 0.25) is 0 Å². The maximum Gasteiger partial charge on any atom is 0.327 e. The number of carbonyl (C=O) groups is 2. The van der Waals surface area contributed by atoms with Crippen molar-refractivity contribution in [3.05, 3.63) is 12.2 Å². The normalized spacial score (nSPS) is 18.5. The van der Waals surface area contributed by atoms with Crippen LogP contribution in [0.2, 0.25) is 0 Å². The van der Waals surface area contributed by atoms with Crippen LogP contribution in [0.25, 0.3) is 0 Å². The Morgan fingerprint density at radius 2 is 1.92 bits per heavy atom. The van der Waals surface area contributed by atoms with Gasteiger partial charge in [-0.15, -0.1) is 0 Å². The highest BCUT2D eigenvalue weighted by Crippen LogP contribution is 2.13. The van der Waals surface area contributed by atoms with Crippen LogP contribution in [0.5, 0.6) is 0 Å². The van der Waals surface area contributed by atoms with Crippen LogP contribution in [0.15, 0.2) is 12.2 Å². The Morgan fingerprint density at radius 1 is 1.31 bits per heavy atom. The van der Waals surface area contributed by atoms with Crippen LogP contribution < -0.4 is 0 Å². The molecule has 0 N–H and O–H groups in total. The van der Waals surface area contributed by atoms with Crippen molar-refractivity contribution in [1.29, 1.82) is 0 Å². The molecule has 1 aliphatic rings. The average Bonchev–Trinajstić information content (AvgIpc) is 2.12. The summed E-state index contributed by atoms with van der Waals surface area (Å²) in [6.45, 7) is 8.69. The Bertz CT molecular complexity index is 260. The summed E-state index contributed by atoms with van der Waals surface area (Å²) in [5, 5.41) is 0. The van der Waals surface area contributed by atoms with Crippen molar-refractivity contribution in [3.8, 4) is 0 Å². The van der Waals surface area contributed by atoms with E-state index in [1.807, 2.05) is 6.92 Å². The highest BCUT2D eigenvalue weighted by Gasteiger charge is 2.32. The van der Waals surface area contributed by atoms with Gasteiger partial charge >= 0.3 is 6.03 Å². The summed E-state index contributed by atoms with van der Waals surface area (Å²) < 4.78 is 0. The van der Waals surface area contributed by atoms with E-state index in [-0.39, 0.29) is 11.9 Å². The van der Waals surface area contributed by atoms with Gasteiger partial charge in [-0.05, 0) is 13.8 Å². The molecule has 4 heteroatoms. The number of rotatable bonds is 2. The molecule has 0 atom stereocenters. The van der Waals surface area contributed by atoms with Crippen LogP contribution in [-0.4, -0.2) is 41.4 Å². The molecule has 0 saturated carbocycles. The summed E-state index contributed by atoms with van der Waals surface area (Å²) in [4.78, 5) is 25.8. The maximum atomic E-state index is 11.5. The lowest BCUT2D eigenvalue weighted by molar-refractivity contribution is -0.126. The van der Waals surface area contributed by atoms with E-state index < -0.39 is 0 Å². The molecule has 0 unspecified atom stereocenters. The standard InChI is InChI=1S/C9H14N2O2/c1-4-10-6-7(3)8(12)11(5-2)9(10)13/h3-6H2,1-2H3. The van der Waals surface area contributed by atoms with Gasteiger partial charge in [0.05, 0.1) is 6.54 Å². The van der Waals surface area contributed by atoms with Crippen LogP contribution in [0, 0.1) is 0 Å². The van der Waals surface area contributed by atoms with E-state index in [0.717, 1.165) is 0 Å². The summed E-state index contributed by atoms with van der Waals surface area (Å²) >= 11 is 0. The zero-order valence-electron chi connectivity index (χ0n) is 8.04. The first kappa shape index (κ1) is 9.77. The number of carbonyl (C=O) groups excluding carboxylic acids is 2. The van der Waals surface area contributed by atoms with Crippen LogP contribution in [-0.2, 0) is 4.79 Å². The van der Waals surface area contributed by atoms with E-state index in [1.54, 1.807) is 11.8 Å². The molecule has 1 saturated heterocycles. The predicted octanol–water partition coefficient (Wildman–Crippen LogP) is 0.847. The fraction of sp³-hybridized carbons (Fsp3) is 0.556. The van der Waals surface area contributed by atoms with Crippen LogP contribution >= 0.6 is 0 Å². The molecule has 0 aliphatic carbocycles. The maximum absolute atomic E-state index is 11.5. The molecule has 1 fully saturated rings. The SMILES string of the molecule is C=C1CN(CC)C(=O)N(CC)C1=O. The van der Waals surface area contributed by atoms with Crippen molar-refractivity contribution in [2.75, 3.05) is 19.6 Å². The number of hydrogen-bond acceptors (Lipinski definition) is 2. The minimum atomic E-state index is -0.239. The Hall–Kier alpha value is -1.32. The van der Waals surface area contributed by atoms with Gasteiger partial charge in [-0.2, -0.15) is 0 Å². The molecule has 3 amide bonds. The Morgan fingerprint density at radius 3 is 2.38 bits per heavy atom. The van der Waals surface area contributed by atoms with Crippen LogP contribution in [0.1, 0.15) is 13.8 Å². The lowest BCUT2D eigenvalue weighted by Crippen LogP contribution is -2.52. The van der Waals surface area contributed by atoms with Crippen LogP contribution in [0.3, 0.4) is 0 Å². The minimum absolute atomic E-state index is 0.206. The summed E-state index contributed by atoms with van der Waals surface area (Å²) in [5.41, 5.74) is 0.489. The molecule has 4 nitrogen and oxygen atoms in total. The molecule has 1 rings (SSSR count). The monoisotopic (exact) mass is 182 g/mol. The third-order valence-corrected chi connectivity index (χ3v) is 2.13. The molecule has 1 heterocycles. The van der Waals surface area contributed by atoms with E-state index in [9.17, 15) is 9.59 Å². The summed E-state index contributed by atoms with van der Waals surface area (Å²) in [5.74, 6) is -0.239. The number of nitrogens with zero attached hydrogens (tertiary/aromatic N) is 2. The van der Waals surface area contributed by atoms with Gasteiger partial charge in [0.15, 0.2) is 0 Å². The molecule has 72 valence electrons. The van der Waals surface area contributed by atoms with E-state index >= 15 is 0 Å². The van der Waals surface area contributed by atoms with E-state index in [1.165, 1.54) is 4.90 Å². The first-order valence-electron chi connectivity index (χ1n) is 4.40. The predicted molar refractivity (Wildman–Crippen MR) is 49.2 cm³/mol. The van der Waals surface area contributed by atoms with Gasteiger partial charge in [-0.25, -0.2) is 4.79 Å². The fourth-order valence-electron chi connectivity index (χ4n) is 1.34. The zero-order valence-corrected chi connectivity index (χ0v) is 8.04. The largest absolute Gasteiger partial charge is 0.327 e. The highest BCUT2D eigenvalue weighted by molar-refractivity contribution is 6.06. The number of likely N-dealkylation sites (N-methyl/N-ethyl adjacent to an activating group) is 2. The number of amides is 3. The van der Waals surface area contributed by atoms with Gasteiger partial charge < -0.3 is 4.90 Å². The molecular weight excluding hydrogens is 168 g/mol. The second-order valence-electron chi connectivity index (χ2n) is 2.95. The lowest BCUT2D eigenvalue weighted by Gasteiger charge is -2.33. The molecule has 1 aliphatic heterocycles. The molecule has 0 aromatic rings. The smallest absolute Gasteiger partial charge is 0.320 e. The average molecular weight is 182 g/mol. The second kappa shape index (κ2) is 3.60. The quantitative estimate of drug-likeness (QED) is 0.594. The second-order valence-corrected chi connectivity index (χ2v) is 2.95. The van der Waals surface area contributed by atoms with Crippen molar-refractivity contribution >= 4 is 11.9 Å². The Kier molecular flexibility index (Phi) is 2.70. The summed E-state index contributed by atoms with van der Waals surface area (Å²) in [6.07, 6.45) is 0. The van der Waals surface area contributed by atoms with Gasteiger partial charge in [0.25, 0.3) is 5.91 Å². The molecule has 0 radical (unpaired) electrons. The molecule has 13 heavy (non-hydrogen) atoms. The van der Waals surface area contributed by atoms with Gasteiger partial charge in [-0.1, -0.05) is 6.58 Å². The summed E-state index contributed by atoms with van der Waals surface area (Å²) in [6, 6.07) is -0.206. The Balaban J connectivity index is 2.87. The number of hydrogen-bond donors (Lipinski definition) is 0.